The lowest BCUT2D eigenvalue weighted by Crippen LogP contribution is -2.28. The van der Waals surface area contributed by atoms with Crippen molar-refractivity contribution >= 4 is 40.6 Å². The molecule has 0 aliphatic carbocycles. The molecule has 1 N–H and O–H groups in total. The van der Waals surface area contributed by atoms with Crippen LogP contribution in [0.15, 0.2) is 75.6 Å². The Balaban J connectivity index is 1.61. The van der Waals surface area contributed by atoms with Gasteiger partial charge in [-0.2, -0.15) is 0 Å². The topological polar surface area (TPSA) is 81.3 Å². The summed E-state index contributed by atoms with van der Waals surface area (Å²) in [5.41, 5.74) is 1.75. The predicted octanol–water partition coefficient (Wildman–Crippen LogP) is 3.90. The van der Waals surface area contributed by atoms with Gasteiger partial charge in [-0.1, -0.05) is 54.6 Å². The lowest BCUT2D eigenvalue weighted by molar-refractivity contribution is -0.117. The molecule has 1 amide bonds. The van der Waals surface area contributed by atoms with Crippen LogP contribution in [0.3, 0.4) is 0 Å². The first-order valence-electron chi connectivity index (χ1n) is 9.30. The summed E-state index contributed by atoms with van der Waals surface area (Å²) >= 11 is 7.39. The fourth-order valence-electron chi connectivity index (χ4n) is 3.00. The van der Waals surface area contributed by atoms with Gasteiger partial charge in [-0.15, -0.1) is 5.10 Å². The number of rotatable bonds is 6. The molecule has 0 radical (unpaired) electrons. The molecule has 4 rings (SSSR count). The molecule has 0 bridgehead atoms. The Morgan fingerprint density at radius 3 is 2.83 bits per heavy atom. The number of fused-ring (bicyclic) bond motifs is 1. The maximum atomic E-state index is 12.7. The minimum Gasteiger partial charge on any atom is -0.324 e. The predicted molar refractivity (Wildman–Crippen MR) is 117 cm³/mol. The highest BCUT2D eigenvalue weighted by Gasteiger charge is 2.16. The van der Waals surface area contributed by atoms with Crippen molar-refractivity contribution in [3.63, 3.8) is 0 Å². The van der Waals surface area contributed by atoms with Crippen LogP contribution in [0, 0.1) is 0 Å². The van der Waals surface area contributed by atoms with E-state index in [9.17, 15) is 9.59 Å². The van der Waals surface area contributed by atoms with Crippen molar-refractivity contribution in [3.8, 4) is 0 Å². The van der Waals surface area contributed by atoms with Gasteiger partial charge in [-0.05, 0) is 36.2 Å². The quantitative estimate of drug-likeness (QED) is 0.492. The molecule has 9 heteroatoms. The van der Waals surface area contributed by atoms with E-state index in [0.717, 1.165) is 16.0 Å². The van der Waals surface area contributed by atoms with E-state index in [1.165, 1.54) is 21.7 Å². The van der Waals surface area contributed by atoms with Crippen molar-refractivity contribution in [1.82, 2.24) is 19.2 Å². The summed E-state index contributed by atoms with van der Waals surface area (Å²) in [7, 11) is 0. The second-order valence-electron chi connectivity index (χ2n) is 6.49. The Morgan fingerprint density at radius 1 is 1.20 bits per heavy atom. The molecule has 0 atom stereocenters. The molecule has 30 heavy (non-hydrogen) atoms. The SMILES string of the molecule is CCc1ccccc1Sc1nccn2c(=O)n(CC(=O)Nc3cccc(Cl)c3)nc12. The fraction of sp³-hybridized carbons (Fsp3) is 0.143. The van der Waals surface area contributed by atoms with Gasteiger partial charge in [-0.25, -0.2) is 18.9 Å². The molecule has 2 aromatic heterocycles. The minimum atomic E-state index is -0.403. The average Bonchev–Trinajstić information content (AvgIpc) is 3.05. The van der Waals surface area contributed by atoms with Crippen LogP contribution in [0.1, 0.15) is 12.5 Å². The zero-order chi connectivity index (χ0) is 21.1. The number of anilines is 1. The summed E-state index contributed by atoms with van der Waals surface area (Å²) in [5, 5.41) is 8.19. The van der Waals surface area contributed by atoms with Crippen LogP contribution in [-0.4, -0.2) is 25.1 Å². The van der Waals surface area contributed by atoms with Crippen LogP contribution in [-0.2, 0) is 17.8 Å². The maximum absolute atomic E-state index is 12.7. The van der Waals surface area contributed by atoms with E-state index >= 15 is 0 Å². The number of carbonyl (C=O) groups is 1. The maximum Gasteiger partial charge on any atom is 0.350 e. The van der Waals surface area contributed by atoms with E-state index in [-0.39, 0.29) is 12.5 Å². The highest BCUT2D eigenvalue weighted by Crippen LogP contribution is 2.31. The van der Waals surface area contributed by atoms with Gasteiger partial charge in [0.05, 0.1) is 0 Å². The number of halogens is 1. The summed E-state index contributed by atoms with van der Waals surface area (Å²) in [6.07, 6.45) is 3.99. The number of aromatic nitrogens is 4. The standard InChI is InChI=1S/C21H18ClN5O2S/c1-2-14-6-3-4-9-17(14)30-20-19-25-27(21(29)26(19)11-10-23-20)13-18(28)24-16-8-5-7-15(22)12-16/h3-12H,2,13H2,1H3,(H,24,28). The first-order valence-corrected chi connectivity index (χ1v) is 10.5. The Hall–Kier alpha value is -3.10. The molecule has 4 aromatic rings. The molecule has 152 valence electrons. The second kappa shape index (κ2) is 8.73. The van der Waals surface area contributed by atoms with Gasteiger partial charge in [-0.3, -0.25) is 4.79 Å². The van der Waals surface area contributed by atoms with Crippen molar-refractivity contribution in [2.24, 2.45) is 0 Å². The molecule has 0 aliphatic rings. The number of amides is 1. The van der Waals surface area contributed by atoms with Crippen molar-refractivity contribution in [1.29, 1.82) is 0 Å². The third-order valence-corrected chi connectivity index (χ3v) is 5.77. The van der Waals surface area contributed by atoms with Gasteiger partial charge in [0.1, 0.15) is 11.6 Å². The zero-order valence-corrected chi connectivity index (χ0v) is 17.7. The first kappa shape index (κ1) is 20.2. The van der Waals surface area contributed by atoms with Crippen LogP contribution in [0.25, 0.3) is 5.65 Å². The molecule has 2 aromatic carbocycles. The third-order valence-electron chi connectivity index (χ3n) is 4.43. The van der Waals surface area contributed by atoms with Crippen LogP contribution in [0.5, 0.6) is 0 Å². The zero-order valence-electron chi connectivity index (χ0n) is 16.1. The molecule has 0 aliphatic heterocycles. The monoisotopic (exact) mass is 439 g/mol. The minimum absolute atomic E-state index is 0.220. The molecular weight excluding hydrogens is 422 g/mol. The lowest BCUT2D eigenvalue weighted by atomic mass is 10.2. The van der Waals surface area contributed by atoms with Gasteiger partial charge in [0.2, 0.25) is 5.91 Å². The van der Waals surface area contributed by atoms with Crippen LogP contribution in [0.2, 0.25) is 5.02 Å². The molecular formula is C21H18ClN5O2S. The first-order chi connectivity index (χ1) is 14.5. The van der Waals surface area contributed by atoms with Crippen molar-refractivity contribution in [3.05, 3.63) is 82.0 Å². The number of nitrogens with one attached hydrogen (secondary N) is 1. The summed E-state index contributed by atoms with van der Waals surface area (Å²) in [6.45, 7) is 1.87. The summed E-state index contributed by atoms with van der Waals surface area (Å²) in [4.78, 5) is 30.6. The second-order valence-corrected chi connectivity index (χ2v) is 7.96. The number of hydrogen-bond acceptors (Lipinski definition) is 5. The molecule has 0 fully saturated rings. The molecule has 0 spiro atoms. The van der Waals surface area contributed by atoms with Crippen molar-refractivity contribution in [2.45, 2.75) is 29.8 Å². The molecule has 0 unspecified atom stereocenters. The van der Waals surface area contributed by atoms with Gasteiger partial charge < -0.3 is 5.32 Å². The number of nitrogens with zero attached hydrogens (tertiary/aromatic N) is 4. The fourth-order valence-corrected chi connectivity index (χ4v) is 4.24. The van der Waals surface area contributed by atoms with Gasteiger partial charge in [0, 0.05) is 28.0 Å². The van der Waals surface area contributed by atoms with Crippen LogP contribution in [0.4, 0.5) is 5.69 Å². The largest absolute Gasteiger partial charge is 0.350 e. The van der Waals surface area contributed by atoms with Crippen molar-refractivity contribution in [2.75, 3.05) is 5.32 Å². The smallest absolute Gasteiger partial charge is 0.324 e. The normalized spacial score (nSPS) is 11.0. The average molecular weight is 440 g/mol. The molecule has 0 saturated heterocycles. The highest BCUT2D eigenvalue weighted by molar-refractivity contribution is 7.99. The number of benzene rings is 2. The van der Waals surface area contributed by atoms with Gasteiger partial charge in [0.25, 0.3) is 0 Å². The van der Waals surface area contributed by atoms with Gasteiger partial charge in [0.15, 0.2) is 5.65 Å². The van der Waals surface area contributed by atoms with E-state index in [1.807, 2.05) is 18.2 Å². The van der Waals surface area contributed by atoms with E-state index in [0.29, 0.717) is 21.4 Å². The summed E-state index contributed by atoms with van der Waals surface area (Å²) in [5.74, 6) is -0.374. The lowest BCUT2D eigenvalue weighted by Gasteiger charge is -2.06. The molecule has 7 nitrogen and oxygen atoms in total. The Morgan fingerprint density at radius 2 is 2.03 bits per heavy atom. The summed E-state index contributed by atoms with van der Waals surface area (Å²) in [6, 6.07) is 14.8. The molecule has 2 heterocycles. The van der Waals surface area contributed by atoms with E-state index in [4.69, 9.17) is 11.6 Å². The van der Waals surface area contributed by atoms with E-state index in [1.54, 1.807) is 36.7 Å². The summed E-state index contributed by atoms with van der Waals surface area (Å²) < 4.78 is 2.53. The van der Waals surface area contributed by atoms with Gasteiger partial charge >= 0.3 is 5.69 Å². The van der Waals surface area contributed by atoms with Crippen molar-refractivity contribution < 1.29 is 4.79 Å². The van der Waals surface area contributed by atoms with E-state index < -0.39 is 5.69 Å². The Kier molecular flexibility index (Phi) is 5.87. The Bertz CT molecular complexity index is 1280. The van der Waals surface area contributed by atoms with E-state index in [2.05, 4.69) is 28.4 Å². The Labute approximate surface area is 181 Å². The number of hydrogen-bond donors (Lipinski definition) is 1. The van der Waals surface area contributed by atoms with Crippen LogP contribution >= 0.6 is 23.4 Å². The number of carbonyl (C=O) groups excluding carboxylic acids is 1. The number of aryl methyl sites for hydroxylation is 1. The third kappa shape index (κ3) is 4.24. The van der Waals surface area contributed by atoms with Crippen LogP contribution < -0.4 is 11.0 Å². The highest BCUT2D eigenvalue weighted by atomic mass is 35.5. The molecule has 0 saturated carbocycles.